The van der Waals surface area contributed by atoms with Gasteiger partial charge in [-0.25, -0.2) is 4.79 Å². The largest absolute Gasteiger partial charge is 0.445 e. The first-order chi connectivity index (χ1) is 11.7. The molecule has 1 aliphatic heterocycles. The van der Waals surface area contributed by atoms with E-state index in [-0.39, 0.29) is 24.9 Å². The van der Waals surface area contributed by atoms with Gasteiger partial charge in [0, 0.05) is 13.0 Å². The Bertz CT molecular complexity index is 672. The van der Waals surface area contributed by atoms with Gasteiger partial charge in [-0.3, -0.25) is 4.79 Å². The minimum absolute atomic E-state index is 0.0290. The molecule has 1 unspecified atom stereocenters. The number of morpholine rings is 1. The molecule has 126 valence electrons. The SMILES string of the molecule is O=C(CC1COCCN1C(=O)OCc1ccccc1)c1cccs1. The molecule has 24 heavy (non-hydrogen) atoms. The number of carbonyl (C=O) groups is 2. The Morgan fingerprint density at radius 1 is 1.21 bits per heavy atom. The Kier molecular flexibility index (Phi) is 5.61. The van der Waals surface area contributed by atoms with Crippen LogP contribution in [0.3, 0.4) is 0 Å². The van der Waals surface area contributed by atoms with E-state index in [9.17, 15) is 9.59 Å². The summed E-state index contributed by atoms with van der Waals surface area (Å²) in [4.78, 5) is 27.0. The van der Waals surface area contributed by atoms with E-state index in [1.54, 1.807) is 11.0 Å². The number of ketones is 1. The maximum Gasteiger partial charge on any atom is 0.410 e. The Morgan fingerprint density at radius 2 is 2.04 bits per heavy atom. The number of hydrogen-bond donors (Lipinski definition) is 0. The molecule has 0 saturated carbocycles. The van der Waals surface area contributed by atoms with Gasteiger partial charge in [0.25, 0.3) is 0 Å². The summed E-state index contributed by atoms with van der Waals surface area (Å²) in [5.41, 5.74) is 0.935. The van der Waals surface area contributed by atoms with Crippen LogP contribution in [0.2, 0.25) is 0 Å². The predicted octanol–water partition coefficient (Wildman–Crippen LogP) is 3.36. The van der Waals surface area contributed by atoms with Gasteiger partial charge in [0.15, 0.2) is 5.78 Å². The fourth-order valence-corrected chi connectivity index (χ4v) is 3.29. The zero-order valence-corrected chi connectivity index (χ0v) is 14.0. The maximum atomic E-state index is 12.4. The number of rotatable bonds is 5. The highest BCUT2D eigenvalue weighted by Gasteiger charge is 2.30. The molecule has 1 atom stereocenters. The lowest BCUT2D eigenvalue weighted by Crippen LogP contribution is -2.49. The monoisotopic (exact) mass is 345 g/mol. The standard InChI is InChI=1S/C18H19NO4S/c20-16(17-7-4-10-24-17)11-15-13-22-9-8-19(15)18(21)23-12-14-5-2-1-3-6-14/h1-7,10,15H,8-9,11-13H2. The number of ether oxygens (including phenoxy) is 2. The number of carbonyl (C=O) groups excluding carboxylic acids is 2. The average Bonchev–Trinajstić information content (AvgIpc) is 3.16. The van der Waals surface area contributed by atoms with Crippen LogP contribution in [-0.2, 0) is 16.1 Å². The molecule has 3 rings (SSSR count). The zero-order chi connectivity index (χ0) is 16.8. The predicted molar refractivity (Wildman–Crippen MR) is 91.2 cm³/mol. The first-order valence-corrected chi connectivity index (χ1v) is 8.74. The molecule has 0 radical (unpaired) electrons. The smallest absolute Gasteiger partial charge is 0.410 e. The molecule has 5 nitrogen and oxygen atoms in total. The molecule has 1 aromatic carbocycles. The third-order valence-electron chi connectivity index (χ3n) is 3.88. The highest BCUT2D eigenvalue weighted by atomic mass is 32.1. The second-order valence-electron chi connectivity index (χ2n) is 5.57. The Balaban J connectivity index is 1.59. The Labute approximate surface area is 144 Å². The van der Waals surface area contributed by atoms with Gasteiger partial charge in [-0.15, -0.1) is 11.3 Å². The molecule has 0 bridgehead atoms. The van der Waals surface area contributed by atoms with Gasteiger partial charge < -0.3 is 14.4 Å². The van der Waals surface area contributed by atoms with Crippen molar-refractivity contribution in [1.82, 2.24) is 4.90 Å². The molecule has 6 heteroatoms. The van der Waals surface area contributed by atoms with Crippen LogP contribution in [0.4, 0.5) is 4.79 Å². The van der Waals surface area contributed by atoms with Gasteiger partial charge in [-0.1, -0.05) is 36.4 Å². The molecule has 0 aliphatic carbocycles. The van der Waals surface area contributed by atoms with Crippen LogP contribution in [0, 0.1) is 0 Å². The van der Waals surface area contributed by atoms with Crippen molar-refractivity contribution in [3.8, 4) is 0 Å². The van der Waals surface area contributed by atoms with E-state index in [2.05, 4.69) is 0 Å². The molecular weight excluding hydrogens is 326 g/mol. The summed E-state index contributed by atoms with van der Waals surface area (Å²) in [6, 6.07) is 12.9. The summed E-state index contributed by atoms with van der Waals surface area (Å²) in [5, 5.41) is 1.87. The summed E-state index contributed by atoms with van der Waals surface area (Å²) >= 11 is 1.41. The summed E-state index contributed by atoms with van der Waals surface area (Å²) in [6.07, 6.45) is -0.146. The second kappa shape index (κ2) is 8.08. The average molecular weight is 345 g/mol. The van der Waals surface area contributed by atoms with Crippen molar-refractivity contribution in [3.63, 3.8) is 0 Å². The van der Waals surface area contributed by atoms with Crippen molar-refractivity contribution < 1.29 is 19.1 Å². The molecule has 1 saturated heterocycles. The van der Waals surface area contributed by atoms with Crippen molar-refractivity contribution in [1.29, 1.82) is 0 Å². The third kappa shape index (κ3) is 4.21. The van der Waals surface area contributed by atoms with E-state index in [1.165, 1.54) is 11.3 Å². The normalized spacial score (nSPS) is 17.5. The second-order valence-corrected chi connectivity index (χ2v) is 6.51. The molecule has 0 spiro atoms. The van der Waals surface area contributed by atoms with Gasteiger partial charge in [-0.2, -0.15) is 0 Å². The number of nitrogens with zero attached hydrogens (tertiary/aromatic N) is 1. The van der Waals surface area contributed by atoms with E-state index in [4.69, 9.17) is 9.47 Å². The van der Waals surface area contributed by atoms with Crippen LogP contribution < -0.4 is 0 Å². The van der Waals surface area contributed by atoms with Crippen LogP contribution in [0.5, 0.6) is 0 Å². The highest BCUT2D eigenvalue weighted by molar-refractivity contribution is 7.12. The van der Waals surface area contributed by atoms with Crippen molar-refractivity contribution >= 4 is 23.2 Å². The third-order valence-corrected chi connectivity index (χ3v) is 4.80. The first kappa shape index (κ1) is 16.7. The van der Waals surface area contributed by atoms with E-state index in [0.717, 1.165) is 5.56 Å². The van der Waals surface area contributed by atoms with Crippen LogP contribution in [0.15, 0.2) is 47.8 Å². The molecule has 2 heterocycles. The molecule has 1 fully saturated rings. The van der Waals surface area contributed by atoms with Gasteiger partial charge in [-0.05, 0) is 17.0 Å². The number of Topliss-reactive ketones (excluding diaryl/α,β-unsaturated/α-hetero) is 1. The molecule has 1 amide bonds. The van der Waals surface area contributed by atoms with E-state index < -0.39 is 6.09 Å². The minimum Gasteiger partial charge on any atom is -0.445 e. The zero-order valence-electron chi connectivity index (χ0n) is 13.2. The number of thiophene rings is 1. The number of benzene rings is 1. The Morgan fingerprint density at radius 3 is 2.79 bits per heavy atom. The van der Waals surface area contributed by atoms with Crippen LogP contribution in [0.25, 0.3) is 0 Å². The molecule has 2 aromatic rings. The number of hydrogen-bond acceptors (Lipinski definition) is 5. The van der Waals surface area contributed by atoms with Crippen molar-refractivity contribution in [2.45, 2.75) is 19.1 Å². The van der Waals surface area contributed by atoms with E-state index >= 15 is 0 Å². The fraction of sp³-hybridized carbons (Fsp3) is 0.333. The van der Waals surface area contributed by atoms with Crippen LogP contribution >= 0.6 is 11.3 Å². The van der Waals surface area contributed by atoms with Gasteiger partial charge >= 0.3 is 6.09 Å². The molecule has 1 aliphatic rings. The summed E-state index contributed by atoms with van der Waals surface area (Å²) in [6.45, 7) is 1.49. The molecular formula is C18H19NO4S. The van der Waals surface area contributed by atoms with Crippen molar-refractivity contribution in [2.75, 3.05) is 19.8 Å². The lowest BCUT2D eigenvalue weighted by molar-refractivity contribution is -0.0113. The molecule has 0 N–H and O–H groups in total. The minimum atomic E-state index is -0.397. The van der Waals surface area contributed by atoms with Crippen LogP contribution in [0.1, 0.15) is 21.7 Å². The van der Waals surface area contributed by atoms with Crippen LogP contribution in [-0.4, -0.2) is 42.6 Å². The fourth-order valence-electron chi connectivity index (χ4n) is 2.62. The number of amides is 1. The van der Waals surface area contributed by atoms with Gasteiger partial charge in [0.05, 0.1) is 24.1 Å². The van der Waals surface area contributed by atoms with Crippen molar-refractivity contribution in [3.05, 3.63) is 58.3 Å². The summed E-state index contributed by atoms with van der Waals surface area (Å²) < 4.78 is 10.8. The lowest BCUT2D eigenvalue weighted by atomic mass is 10.1. The summed E-state index contributed by atoms with van der Waals surface area (Å²) in [5.74, 6) is 0.0290. The van der Waals surface area contributed by atoms with Gasteiger partial charge in [0.2, 0.25) is 0 Å². The summed E-state index contributed by atoms with van der Waals surface area (Å²) in [7, 11) is 0. The lowest BCUT2D eigenvalue weighted by Gasteiger charge is -2.34. The van der Waals surface area contributed by atoms with Gasteiger partial charge in [0.1, 0.15) is 6.61 Å². The maximum absolute atomic E-state index is 12.4. The molecule has 1 aromatic heterocycles. The topological polar surface area (TPSA) is 55.8 Å². The first-order valence-electron chi connectivity index (χ1n) is 7.86. The highest BCUT2D eigenvalue weighted by Crippen LogP contribution is 2.18. The Hall–Kier alpha value is -2.18. The quantitative estimate of drug-likeness (QED) is 0.780. The van der Waals surface area contributed by atoms with E-state index in [1.807, 2.05) is 41.8 Å². The van der Waals surface area contributed by atoms with Crippen molar-refractivity contribution in [2.24, 2.45) is 0 Å². The van der Waals surface area contributed by atoms with E-state index in [0.29, 0.717) is 24.6 Å².